The van der Waals surface area contributed by atoms with Crippen LogP contribution in [0.1, 0.15) is 11.3 Å². The van der Waals surface area contributed by atoms with Gasteiger partial charge in [0, 0.05) is 11.3 Å². The largest absolute Gasteiger partial charge is 0.493 e. The molecule has 2 aromatic rings. The van der Waals surface area contributed by atoms with Crippen molar-refractivity contribution in [3.63, 3.8) is 0 Å². The van der Waals surface area contributed by atoms with Gasteiger partial charge in [-0.2, -0.15) is 0 Å². The van der Waals surface area contributed by atoms with Crippen LogP contribution in [0, 0.1) is 6.92 Å². The van der Waals surface area contributed by atoms with Crippen LogP contribution >= 0.6 is 0 Å². The first-order chi connectivity index (χ1) is 9.19. The maximum absolute atomic E-state index is 9.15. The maximum Gasteiger partial charge on any atom is 0.161 e. The van der Waals surface area contributed by atoms with Gasteiger partial charge in [-0.05, 0) is 36.8 Å². The molecule has 0 aliphatic heterocycles. The lowest BCUT2D eigenvalue weighted by Crippen LogP contribution is -1.95. The van der Waals surface area contributed by atoms with Crippen LogP contribution in [0.5, 0.6) is 11.5 Å². The molecule has 0 saturated carbocycles. The Balaban J connectivity index is 2.44. The molecule has 0 aliphatic rings. The number of methoxy groups -OCH3 is 2. The number of ether oxygens (including phenoxy) is 2. The van der Waals surface area contributed by atoms with Crippen LogP contribution in [-0.2, 0) is 6.61 Å². The molecule has 0 bridgehead atoms. The third-order valence-corrected chi connectivity index (χ3v) is 3.04. The predicted octanol–water partition coefficient (Wildman–Crippen LogP) is 2.57. The minimum absolute atomic E-state index is 0.00501. The Morgan fingerprint density at radius 2 is 1.79 bits per heavy atom. The fourth-order valence-electron chi connectivity index (χ4n) is 1.91. The van der Waals surface area contributed by atoms with Crippen LogP contribution in [0.4, 0.5) is 0 Å². The highest BCUT2D eigenvalue weighted by molar-refractivity contribution is 5.64. The van der Waals surface area contributed by atoms with E-state index in [0.717, 1.165) is 22.5 Å². The molecule has 2 rings (SSSR count). The van der Waals surface area contributed by atoms with E-state index >= 15 is 0 Å². The molecule has 4 nitrogen and oxygen atoms in total. The Bertz CT molecular complexity index is 582. The summed E-state index contributed by atoms with van der Waals surface area (Å²) < 4.78 is 10.5. The minimum Gasteiger partial charge on any atom is -0.493 e. The number of aliphatic hydroxyl groups is 1. The average molecular weight is 259 g/mol. The molecule has 0 atom stereocenters. The molecule has 0 saturated heterocycles. The number of rotatable bonds is 4. The van der Waals surface area contributed by atoms with E-state index in [-0.39, 0.29) is 6.61 Å². The Kier molecular flexibility index (Phi) is 4.02. The summed E-state index contributed by atoms with van der Waals surface area (Å²) in [6.07, 6.45) is 0. The maximum atomic E-state index is 9.15. The van der Waals surface area contributed by atoms with E-state index in [1.165, 1.54) is 0 Å². The van der Waals surface area contributed by atoms with Crippen molar-refractivity contribution < 1.29 is 14.6 Å². The summed E-state index contributed by atoms with van der Waals surface area (Å²) in [5.41, 5.74) is 3.46. The van der Waals surface area contributed by atoms with Crippen LogP contribution in [0.15, 0.2) is 30.3 Å². The second kappa shape index (κ2) is 5.71. The number of nitrogens with zero attached hydrogens (tertiary/aromatic N) is 1. The van der Waals surface area contributed by atoms with Gasteiger partial charge in [-0.3, -0.25) is 4.98 Å². The van der Waals surface area contributed by atoms with Crippen LogP contribution < -0.4 is 9.47 Å². The van der Waals surface area contributed by atoms with Gasteiger partial charge in [0.15, 0.2) is 11.5 Å². The summed E-state index contributed by atoms with van der Waals surface area (Å²) in [5, 5.41) is 9.15. The number of benzene rings is 1. The van der Waals surface area contributed by atoms with Crippen molar-refractivity contribution in [2.75, 3.05) is 14.2 Å². The monoisotopic (exact) mass is 259 g/mol. The highest BCUT2D eigenvalue weighted by atomic mass is 16.5. The van der Waals surface area contributed by atoms with Crippen LogP contribution in [-0.4, -0.2) is 24.3 Å². The van der Waals surface area contributed by atoms with Crippen molar-refractivity contribution in [1.82, 2.24) is 4.98 Å². The van der Waals surface area contributed by atoms with Gasteiger partial charge in [-0.25, -0.2) is 0 Å². The topological polar surface area (TPSA) is 51.6 Å². The minimum atomic E-state index is 0.00501. The molecule has 1 heterocycles. The highest BCUT2D eigenvalue weighted by Crippen LogP contribution is 2.31. The molecule has 0 fully saturated rings. The number of aromatic nitrogens is 1. The molecular formula is C15H17NO3. The first kappa shape index (κ1) is 13.4. The first-order valence-corrected chi connectivity index (χ1v) is 5.99. The van der Waals surface area contributed by atoms with Crippen molar-refractivity contribution >= 4 is 0 Å². The predicted molar refractivity (Wildman–Crippen MR) is 73.4 cm³/mol. The smallest absolute Gasteiger partial charge is 0.161 e. The summed E-state index contributed by atoms with van der Waals surface area (Å²) in [6.45, 7) is 1.89. The van der Waals surface area contributed by atoms with E-state index in [0.29, 0.717) is 11.5 Å². The zero-order chi connectivity index (χ0) is 13.8. The number of aliphatic hydroxyl groups excluding tert-OH is 1. The quantitative estimate of drug-likeness (QED) is 0.916. The number of aryl methyl sites for hydroxylation is 1. The lowest BCUT2D eigenvalue weighted by Gasteiger charge is -2.10. The van der Waals surface area contributed by atoms with Gasteiger partial charge in [0.1, 0.15) is 0 Å². The van der Waals surface area contributed by atoms with Gasteiger partial charge < -0.3 is 14.6 Å². The summed E-state index contributed by atoms with van der Waals surface area (Å²) in [5.74, 6) is 1.36. The molecular weight excluding hydrogens is 242 g/mol. The SMILES string of the molecule is COc1ccc(-c2ccc(CO)c(C)n2)cc1OC. The molecule has 0 amide bonds. The second-order valence-corrected chi connectivity index (χ2v) is 4.17. The van der Waals surface area contributed by atoms with Gasteiger partial charge >= 0.3 is 0 Å². The highest BCUT2D eigenvalue weighted by Gasteiger charge is 2.08. The van der Waals surface area contributed by atoms with Gasteiger partial charge in [0.25, 0.3) is 0 Å². The Hall–Kier alpha value is -2.07. The third-order valence-electron chi connectivity index (χ3n) is 3.04. The van der Waals surface area contributed by atoms with E-state index < -0.39 is 0 Å². The number of pyridine rings is 1. The van der Waals surface area contributed by atoms with Gasteiger partial charge in [-0.15, -0.1) is 0 Å². The van der Waals surface area contributed by atoms with E-state index in [1.54, 1.807) is 14.2 Å². The second-order valence-electron chi connectivity index (χ2n) is 4.17. The molecule has 0 radical (unpaired) electrons. The van der Waals surface area contributed by atoms with Crippen LogP contribution in [0.3, 0.4) is 0 Å². The molecule has 0 spiro atoms. The van der Waals surface area contributed by atoms with E-state index in [9.17, 15) is 0 Å². The van der Waals surface area contributed by atoms with Crippen molar-refractivity contribution in [3.05, 3.63) is 41.6 Å². The Morgan fingerprint density at radius 3 is 2.37 bits per heavy atom. The van der Waals surface area contributed by atoms with Gasteiger partial charge in [0.05, 0.1) is 26.5 Å². The average Bonchev–Trinajstić information content (AvgIpc) is 2.46. The molecule has 0 unspecified atom stereocenters. The molecule has 1 aromatic carbocycles. The van der Waals surface area contributed by atoms with Crippen molar-refractivity contribution in [2.24, 2.45) is 0 Å². The first-order valence-electron chi connectivity index (χ1n) is 5.99. The fraction of sp³-hybridized carbons (Fsp3) is 0.267. The van der Waals surface area contributed by atoms with Crippen molar-refractivity contribution in [1.29, 1.82) is 0 Å². The summed E-state index contributed by atoms with van der Waals surface area (Å²) >= 11 is 0. The van der Waals surface area contributed by atoms with Crippen LogP contribution in [0.2, 0.25) is 0 Å². The number of hydrogen-bond donors (Lipinski definition) is 1. The summed E-state index contributed by atoms with van der Waals surface area (Å²) in [4.78, 5) is 4.49. The third kappa shape index (κ3) is 2.69. The standard InChI is InChI=1S/C15H17NO3/c1-10-12(9-17)4-6-13(16-10)11-5-7-14(18-2)15(8-11)19-3/h4-8,17H,9H2,1-3H3. The van der Waals surface area contributed by atoms with Crippen molar-refractivity contribution in [2.45, 2.75) is 13.5 Å². The number of hydrogen-bond acceptors (Lipinski definition) is 4. The van der Waals surface area contributed by atoms with Gasteiger partial charge in [0.2, 0.25) is 0 Å². The Morgan fingerprint density at radius 1 is 1.05 bits per heavy atom. The zero-order valence-electron chi connectivity index (χ0n) is 11.3. The molecule has 1 N–H and O–H groups in total. The van der Waals surface area contributed by atoms with Crippen molar-refractivity contribution in [3.8, 4) is 22.8 Å². The van der Waals surface area contributed by atoms with Crippen LogP contribution in [0.25, 0.3) is 11.3 Å². The zero-order valence-corrected chi connectivity index (χ0v) is 11.3. The van der Waals surface area contributed by atoms with E-state index in [1.807, 2.05) is 37.3 Å². The molecule has 19 heavy (non-hydrogen) atoms. The fourth-order valence-corrected chi connectivity index (χ4v) is 1.91. The van der Waals surface area contributed by atoms with E-state index in [4.69, 9.17) is 14.6 Å². The molecule has 4 heteroatoms. The summed E-state index contributed by atoms with van der Waals surface area (Å²) in [7, 11) is 3.21. The summed E-state index contributed by atoms with van der Waals surface area (Å²) in [6, 6.07) is 9.44. The lowest BCUT2D eigenvalue weighted by atomic mass is 10.1. The van der Waals surface area contributed by atoms with E-state index in [2.05, 4.69) is 4.98 Å². The molecule has 0 aliphatic carbocycles. The normalized spacial score (nSPS) is 10.3. The molecule has 1 aromatic heterocycles. The lowest BCUT2D eigenvalue weighted by molar-refractivity contribution is 0.280. The molecule has 100 valence electrons. The Labute approximate surface area is 112 Å². The van der Waals surface area contributed by atoms with Gasteiger partial charge in [-0.1, -0.05) is 6.07 Å².